The van der Waals surface area contributed by atoms with Crippen LogP contribution in [0, 0.1) is 40.4 Å². The van der Waals surface area contributed by atoms with Crippen molar-refractivity contribution >= 4 is 5.78 Å². The summed E-state index contributed by atoms with van der Waals surface area (Å²) in [6.07, 6.45) is 7.70. The maximum absolute atomic E-state index is 12.2. The third kappa shape index (κ3) is 2.19. The van der Waals surface area contributed by atoms with Gasteiger partial charge in [-0.1, -0.05) is 13.8 Å². The fourth-order valence-corrected chi connectivity index (χ4v) is 7.95. The van der Waals surface area contributed by atoms with Gasteiger partial charge < -0.3 is 10.2 Å². The first kappa shape index (κ1) is 17.0. The summed E-state index contributed by atoms with van der Waals surface area (Å²) in [5, 5.41) is 21.0. The van der Waals surface area contributed by atoms with Crippen LogP contribution in [0.3, 0.4) is 0 Å². The molecule has 0 amide bonds. The zero-order chi connectivity index (χ0) is 17.3. The Morgan fingerprint density at radius 2 is 1.54 bits per heavy atom. The summed E-state index contributed by atoms with van der Waals surface area (Å²) in [4.78, 5) is 12.2. The van der Waals surface area contributed by atoms with Crippen molar-refractivity contribution in [3.8, 4) is 0 Å². The predicted octanol–water partition coefficient (Wildman–Crippen LogP) is 3.57. The van der Waals surface area contributed by atoms with Crippen molar-refractivity contribution in [1.29, 1.82) is 0 Å². The van der Waals surface area contributed by atoms with Crippen LogP contribution in [0.2, 0.25) is 0 Å². The van der Waals surface area contributed by atoms with Gasteiger partial charge in [0.05, 0.1) is 12.2 Å². The first-order valence-corrected chi connectivity index (χ1v) is 10.1. The Hall–Kier alpha value is -0.410. The molecule has 136 valence electrons. The van der Waals surface area contributed by atoms with Crippen LogP contribution in [-0.2, 0) is 4.79 Å². The number of rotatable bonds is 1. The summed E-state index contributed by atoms with van der Waals surface area (Å²) in [7, 11) is 0. The molecule has 2 N–H and O–H groups in total. The van der Waals surface area contributed by atoms with Crippen LogP contribution in [0.4, 0.5) is 0 Å². The molecule has 0 unspecified atom stereocenters. The number of carbonyl (C=O) groups is 1. The molecule has 0 radical (unpaired) electrons. The smallest absolute Gasteiger partial charge is 0.133 e. The lowest BCUT2D eigenvalue weighted by molar-refractivity contribution is -0.171. The molecule has 24 heavy (non-hydrogen) atoms. The van der Waals surface area contributed by atoms with Gasteiger partial charge in [-0.05, 0) is 92.8 Å². The van der Waals surface area contributed by atoms with Gasteiger partial charge in [-0.3, -0.25) is 4.79 Å². The Kier molecular flexibility index (Phi) is 3.93. The number of fused-ring (bicyclic) bond motifs is 5. The Morgan fingerprint density at radius 3 is 2.25 bits per heavy atom. The molecule has 0 bridgehead atoms. The van der Waals surface area contributed by atoms with Crippen molar-refractivity contribution in [1.82, 2.24) is 0 Å². The van der Waals surface area contributed by atoms with Gasteiger partial charge in [0.1, 0.15) is 5.78 Å². The summed E-state index contributed by atoms with van der Waals surface area (Å²) in [5.41, 5.74) is 0.335. The van der Waals surface area contributed by atoms with Gasteiger partial charge in [0.25, 0.3) is 0 Å². The van der Waals surface area contributed by atoms with E-state index in [0.717, 1.165) is 38.5 Å². The average molecular weight is 335 g/mol. The molecule has 0 spiro atoms. The van der Waals surface area contributed by atoms with Crippen molar-refractivity contribution in [2.75, 3.05) is 0 Å². The zero-order valence-corrected chi connectivity index (χ0v) is 15.5. The van der Waals surface area contributed by atoms with Crippen molar-refractivity contribution in [3.05, 3.63) is 0 Å². The minimum atomic E-state index is -0.273. The van der Waals surface area contributed by atoms with E-state index in [1.54, 1.807) is 6.92 Å². The highest BCUT2D eigenvalue weighted by atomic mass is 16.3. The maximum Gasteiger partial charge on any atom is 0.133 e. The Bertz CT molecular complexity index is 531. The fraction of sp³-hybridized carbons (Fsp3) is 0.952. The SMILES string of the molecule is CC(=O)[C@H]1CC[C@H]2[C@@H]3C[C@H](O)[C@@H]4C[C@H](O)CC[C@]4(C)[C@H]3CC[C@]12C. The van der Waals surface area contributed by atoms with E-state index in [9.17, 15) is 15.0 Å². The number of Topliss-reactive ketones (excluding diaryl/α,β-unsaturated/α-hetero) is 1. The van der Waals surface area contributed by atoms with Crippen LogP contribution >= 0.6 is 0 Å². The molecule has 0 aromatic rings. The molecule has 0 aromatic carbocycles. The second-order valence-electron chi connectivity index (χ2n) is 10.0. The van der Waals surface area contributed by atoms with Gasteiger partial charge in [-0.2, -0.15) is 0 Å². The first-order chi connectivity index (χ1) is 11.3. The van der Waals surface area contributed by atoms with Crippen LogP contribution < -0.4 is 0 Å². The molecule has 0 heterocycles. The van der Waals surface area contributed by atoms with E-state index in [2.05, 4.69) is 13.8 Å². The van der Waals surface area contributed by atoms with Crippen molar-refractivity contribution in [2.24, 2.45) is 40.4 Å². The maximum atomic E-state index is 12.2. The largest absolute Gasteiger partial charge is 0.393 e. The lowest BCUT2D eigenvalue weighted by Crippen LogP contribution is -2.58. The minimum absolute atomic E-state index is 0.157. The van der Waals surface area contributed by atoms with E-state index in [1.807, 2.05) is 0 Å². The first-order valence-electron chi connectivity index (χ1n) is 10.1. The molecule has 3 heteroatoms. The van der Waals surface area contributed by atoms with E-state index < -0.39 is 0 Å². The van der Waals surface area contributed by atoms with E-state index in [4.69, 9.17) is 0 Å². The second kappa shape index (κ2) is 5.54. The van der Waals surface area contributed by atoms with E-state index in [1.165, 1.54) is 12.8 Å². The quantitative estimate of drug-likeness (QED) is 0.771. The molecule has 4 aliphatic rings. The summed E-state index contributed by atoms with van der Waals surface area (Å²) < 4.78 is 0. The number of aliphatic hydroxyl groups excluding tert-OH is 2. The molecule has 0 aromatic heterocycles. The molecule has 4 fully saturated rings. The van der Waals surface area contributed by atoms with Crippen LogP contribution in [0.15, 0.2) is 0 Å². The Balaban J connectivity index is 1.65. The highest BCUT2D eigenvalue weighted by Crippen LogP contribution is 2.67. The lowest BCUT2D eigenvalue weighted by atomic mass is 9.44. The lowest BCUT2D eigenvalue weighted by Gasteiger charge is -2.62. The van der Waals surface area contributed by atoms with Crippen molar-refractivity contribution in [2.45, 2.75) is 84.3 Å². The molecule has 4 aliphatic carbocycles. The summed E-state index contributed by atoms with van der Waals surface area (Å²) in [6.45, 7) is 6.53. The Labute approximate surface area is 146 Å². The molecule has 0 aliphatic heterocycles. The summed E-state index contributed by atoms with van der Waals surface area (Å²) in [5.74, 6) is 2.71. The number of carbonyl (C=O) groups excluding carboxylic acids is 1. The number of aliphatic hydroxyl groups is 2. The highest BCUT2D eigenvalue weighted by Gasteiger charge is 2.62. The van der Waals surface area contributed by atoms with Gasteiger partial charge in [-0.25, -0.2) is 0 Å². The predicted molar refractivity (Wildman–Crippen MR) is 93.3 cm³/mol. The number of hydrogen-bond acceptors (Lipinski definition) is 3. The van der Waals surface area contributed by atoms with Crippen molar-refractivity contribution in [3.63, 3.8) is 0 Å². The van der Waals surface area contributed by atoms with E-state index in [0.29, 0.717) is 23.5 Å². The molecule has 9 atom stereocenters. The highest BCUT2D eigenvalue weighted by molar-refractivity contribution is 5.79. The second-order valence-corrected chi connectivity index (χ2v) is 10.0. The molecule has 3 nitrogen and oxygen atoms in total. The molecule has 0 saturated heterocycles. The van der Waals surface area contributed by atoms with Crippen LogP contribution in [0.5, 0.6) is 0 Å². The van der Waals surface area contributed by atoms with Crippen LogP contribution in [0.1, 0.15) is 72.1 Å². The van der Waals surface area contributed by atoms with Gasteiger partial charge in [0, 0.05) is 5.92 Å². The molecular formula is C21H34O3. The molecule has 4 rings (SSSR count). The third-order valence-electron chi connectivity index (χ3n) is 9.14. The van der Waals surface area contributed by atoms with Crippen LogP contribution in [-0.4, -0.2) is 28.2 Å². The monoisotopic (exact) mass is 334 g/mol. The number of ketones is 1. The third-order valence-corrected chi connectivity index (χ3v) is 9.14. The minimum Gasteiger partial charge on any atom is -0.393 e. The Morgan fingerprint density at radius 1 is 0.875 bits per heavy atom. The van der Waals surface area contributed by atoms with Gasteiger partial charge in [0.15, 0.2) is 0 Å². The van der Waals surface area contributed by atoms with Gasteiger partial charge >= 0.3 is 0 Å². The van der Waals surface area contributed by atoms with Gasteiger partial charge in [0.2, 0.25) is 0 Å². The molecular weight excluding hydrogens is 300 g/mol. The van der Waals surface area contributed by atoms with E-state index >= 15 is 0 Å². The van der Waals surface area contributed by atoms with Gasteiger partial charge in [-0.15, -0.1) is 0 Å². The fourth-order valence-electron chi connectivity index (χ4n) is 7.95. The van der Waals surface area contributed by atoms with Crippen molar-refractivity contribution < 1.29 is 15.0 Å². The summed E-state index contributed by atoms with van der Waals surface area (Å²) in [6, 6.07) is 0. The summed E-state index contributed by atoms with van der Waals surface area (Å²) >= 11 is 0. The van der Waals surface area contributed by atoms with E-state index in [-0.39, 0.29) is 34.9 Å². The topological polar surface area (TPSA) is 57.5 Å². The average Bonchev–Trinajstić information content (AvgIpc) is 2.87. The zero-order valence-electron chi connectivity index (χ0n) is 15.5. The molecule has 4 saturated carbocycles. The normalized spacial score (nSPS) is 57.0. The van der Waals surface area contributed by atoms with Crippen LogP contribution in [0.25, 0.3) is 0 Å². The number of hydrogen-bond donors (Lipinski definition) is 2. The standard InChI is InChI=1S/C21H34O3/c1-12(22)15-4-5-16-14-11-19(24)18-10-13(23)6-8-21(18,3)17(14)7-9-20(15,16)2/h13-19,23-24H,4-11H2,1-3H3/t13-,14+,15-,16+,17+,18+,19+,20-,21-/m1/s1.